The molecule has 1 atom stereocenters. The summed E-state index contributed by atoms with van der Waals surface area (Å²) in [4.78, 5) is 68.6. The Bertz CT molecular complexity index is 2300. The van der Waals surface area contributed by atoms with Gasteiger partial charge in [0.15, 0.2) is 6.10 Å². The Hall–Kier alpha value is -6.82. The third-order valence-corrected chi connectivity index (χ3v) is 8.43. The average Bonchev–Trinajstić information content (AvgIpc) is 3.15. The van der Waals surface area contributed by atoms with E-state index in [-0.39, 0.29) is 47.6 Å². The van der Waals surface area contributed by atoms with E-state index in [9.17, 15) is 50.9 Å². The number of carboxylic acid groups (broad SMARTS) is 1. The second-order valence-corrected chi connectivity index (χ2v) is 12.8. The molecule has 0 saturated heterocycles. The van der Waals surface area contributed by atoms with Gasteiger partial charge in [0, 0.05) is 19.2 Å². The first-order chi connectivity index (χ1) is 27.2. The highest BCUT2D eigenvalue weighted by atomic mass is 35.5. The molecule has 0 aliphatic rings. The maximum Gasteiger partial charge on any atom is 0.416 e. The van der Waals surface area contributed by atoms with Gasteiger partial charge in [0.05, 0.1) is 34.3 Å². The number of nitro groups is 1. The lowest BCUT2D eigenvalue weighted by Gasteiger charge is -2.13. The molecule has 4 rings (SSSR count). The Morgan fingerprint density at radius 3 is 2.22 bits per heavy atom. The number of nitrogens with zero attached hydrogens (tertiary/aromatic N) is 4. The van der Waals surface area contributed by atoms with Crippen LogP contribution in [0.1, 0.15) is 47.1 Å². The predicted octanol–water partition coefficient (Wildman–Crippen LogP) is 5.69. The van der Waals surface area contributed by atoms with Crippen LogP contribution in [0.2, 0.25) is 5.02 Å². The summed E-state index contributed by atoms with van der Waals surface area (Å²) in [5.41, 5.74) is -2.64. The number of hydrogen-bond donors (Lipinski definition) is 4. The molecular weight excluding hydrogens is 827 g/mol. The fourth-order valence-corrected chi connectivity index (χ4v) is 5.55. The van der Waals surface area contributed by atoms with E-state index < -0.39 is 78.4 Å². The number of nitrogens with one attached hydrogen (secondary N) is 3. The molecule has 1 heterocycles. The number of alkyl halides is 3. The number of nitro benzene ring substituents is 1. The number of anilines is 2. The van der Waals surface area contributed by atoms with Crippen molar-refractivity contribution in [3.8, 4) is 17.5 Å². The van der Waals surface area contributed by atoms with Gasteiger partial charge in [0.25, 0.3) is 15.7 Å². The normalized spacial score (nSPS) is 11.4. The molecular formula is C33H31ClF3N7O13S. The molecule has 4 N–H and O–H groups in total. The summed E-state index contributed by atoms with van der Waals surface area (Å²) >= 11 is 5.83. The second-order valence-electron chi connectivity index (χ2n) is 10.8. The van der Waals surface area contributed by atoms with E-state index in [1.807, 2.05) is 0 Å². The number of sulfonamides is 1. The van der Waals surface area contributed by atoms with E-state index in [1.165, 1.54) is 26.1 Å². The number of amides is 2. The number of aromatic carboxylic acids is 1. The number of carbonyl (C=O) groups is 4. The van der Waals surface area contributed by atoms with Crippen molar-refractivity contribution in [1.82, 2.24) is 19.7 Å². The van der Waals surface area contributed by atoms with Crippen LogP contribution in [0, 0.1) is 10.1 Å². The highest BCUT2D eigenvalue weighted by Crippen LogP contribution is 2.37. The van der Waals surface area contributed by atoms with E-state index in [2.05, 4.69) is 25.6 Å². The number of halogens is 4. The zero-order chi connectivity index (χ0) is 43.4. The third-order valence-electron chi connectivity index (χ3n) is 6.75. The molecule has 310 valence electrons. The number of urea groups is 1. The first kappa shape index (κ1) is 45.6. The van der Waals surface area contributed by atoms with Gasteiger partial charge in [-0.1, -0.05) is 23.7 Å². The number of ether oxygens (including phenoxy) is 4. The number of rotatable bonds is 14. The molecule has 4 aromatic rings. The molecule has 0 aliphatic heterocycles. The van der Waals surface area contributed by atoms with Gasteiger partial charge in [-0.15, -0.1) is 0 Å². The lowest BCUT2D eigenvalue weighted by molar-refractivity contribution is -0.385. The summed E-state index contributed by atoms with van der Waals surface area (Å²) in [6.45, 7) is 4.78. The van der Waals surface area contributed by atoms with Gasteiger partial charge in [-0.3, -0.25) is 15.4 Å². The first-order valence-corrected chi connectivity index (χ1v) is 18.0. The van der Waals surface area contributed by atoms with E-state index in [0.717, 1.165) is 42.5 Å². The monoisotopic (exact) mass is 857 g/mol. The Kier molecular flexibility index (Phi) is 15.6. The van der Waals surface area contributed by atoms with E-state index in [4.69, 9.17) is 35.7 Å². The highest BCUT2D eigenvalue weighted by molar-refractivity contribution is 7.90. The zero-order valence-corrected chi connectivity index (χ0v) is 31.9. The van der Waals surface area contributed by atoms with Crippen molar-refractivity contribution in [1.29, 1.82) is 0 Å². The third kappa shape index (κ3) is 12.6. The maximum absolute atomic E-state index is 12.8. The molecule has 1 unspecified atom stereocenters. The van der Waals surface area contributed by atoms with Crippen molar-refractivity contribution in [2.24, 2.45) is 0 Å². The van der Waals surface area contributed by atoms with Crippen molar-refractivity contribution in [3.63, 3.8) is 0 Å². The van der Waals surface area contributed by atoms with Gasteiger partial charge in [0.2, 0.25) is 11.9 Å². The van der Waals surface area contributed by atoms with Gasteiger partial charge in [-0.2, -0.15) is 28.1 Å². The van der Waals surface area contributed by atoms with Crippen LogP contribution in [0.25, 0.3) is 0 Å². The smallest absolute Gasteiger partial charge is 0.416 e. The standard InChI is InChI=1S/C19H15ClF3NO7.C14H16N6O6S/c1-3-29-17(25)10(2)30-18(26)13-9-12(5-6-15(13)24(27)28)31-16-7-4-11(8-14(16)20)19(21,22)23;1-3-26-14-18-11(15-2)16-12(19-14)17-13(23)20-27(24,25)9-7-5-4-6-8(9)10(21)22/h4-10H,3H2,1-2H3;4-7H,3H2,1-2H3,(H,21,22)(H3,15,16,17,18,19,20,23). The SMILES string of the molecule is CCOC(=O)C(C)OC(=O)c1cc(Oc2ccc(C(F)(F)F)cc2Cl)ccc1[N+](=O)[O-].CCOc1nc(NC)nc(NC(=O)NS(=O)(=O)c2ccccc2C(=O)O)n1. The van der Waals surface area contributed by atoms with Crippen LogP contribution in [-0.4, -0.2) is 83.7 Å². The number of esters is 2. The average molecular weight is 858 g/mol. The molecule has 3 aromatic carbocycles. The lowest BCUT2D eigenvalue weighted by Crippen LogP contribution is -2.35. The van der Waals surface area contributed by atoms with E-state index in [1.54, 1.807) is 18.6 Å². The number of carboxylic acids is 1. The molecule has 20 nitrogen and oxygen atoms in total. The van der Waals surface area contributed by atoms with Crippen LogP contribution < -0.4 is 24.8 Å². The Morgan fingerprint density at radius 1 is 0.966 bits per heavy atom. The fraction of sp³-hybridized carbons (Fsp3) is 0.242. The minimum Gasteiger partial charge on any atom is -0.478 e. The van der Waals surface area contributed by atoms with Crippen molar-refractivity contribution < 1.29 is 69.7 Å². The summed E-state index contributed by atoms with van der Waals surface area (Å²) in [7, 11) is -2.92. The molecule has 0 spiro atoms. The van der Waals surface area contributed by atoms with Gasteiger partial charge in [-0.25, -0.2) is 32.3 Å². The summed E-state index contributed by atoms with van der Waals surface area (Å²) in [5, 5.41) is 24.7. The number of hydrogen-bond acceptors (Lipinski definition) is 16. The molecule has 0 fully saturated rings. The van der Waals surface area contributed by atoms with Crippen molar-refractivity contribution in [2.75, 3.05) is 30.9 Å². The molecule has 0 aliphatic carbocycles. The molecule has 0 radical (unpaired) electrons. The van der Waals surface area contributed by atoms with E-state index in [0.29, 0.717) is 6.07 Å². The van der Waals surface area contributed by atoms with Crippen LogP contribution in [0.15, 0.2) is 65.6 Å². The lowest BCUT2D eigenvalue weighted by atomic mass is 10.1. The molecule has 1 aromatic heterocycles. The number of benzene rings is 3. The van der Waals surface area contributed by atoms with E-state index >= 15 is 0 Å². The molecule has 0 bridgehead atoms. The summed E-state index contributed by atoms with van der Waals surface area (Å²) in [5.74, 6) is -3.99. The Morgan fingerprint density at radius 2 is 1.64 bits per heavy atom. The quantitative estimate of drug-likeness (QED) is 0.0673. The largest absolute Gasteiger partial charge is 0.478 e. The summed E-state index contributed by atoms with van der Waals surface area (Å²) in [6, 6.07) is 8.97. The topological polar surface area (TPSA) is 277 Å². The summed E-state index contributed by atoms with van der Waals surface area (Å²) < 4.78 is 84.7. The fourth-order valence-electron chi connectivity index (χ4n) is 4.22. The second kappa shape index (κ2) is 19.9. The zero-order valence-electron chi connectivity index (χ0n) is 30.3. The van der Waals surface area contributed by atoms with Crippen LogP contribution in [0.5, 0.6) is 17.5 Å². The van der Waals surface area contributed by atoms with Crippen LogP contribution in [0.4, 0.5) is 35.5 Å². The van der Waals surface area contributed by atoms with Crippen molar-refractivity contribution in [3.05, 3.63) is 92.5 Å². The molecule has 0 saturated carbocycles. The Labute approximate surface area is 330 Å². The van der Waals surface area contributed by atoms with Crippen LogP contribution >= 0.6 is 11.6 Å². The maximum atomic E-state index is 12.8. The first-order valence-electron chi connectivity index (χ1n) is 16.1. The molecule has 2 amide bonds. The van der Waals surface area contributed by atoms with Crippen molar-refractivity contribution in [2.45, 2.75) is 37.9 Å². The van der Waals surface area contributed by atoms with Crippen LogP contribution in [-0.2, 0) is 30.5 Å². The van der Waals surface area contributed by atoms with Crippen molar-refractivity contribution >= 4 is 63.1 Å². The van der Waals surface area contributed by atoms with Gasteiger partial charge >= 0.3 is 36.1 Å². The Balaban J connectivity index is 0.000000313. The minimum atomic E-state index is -4.61. The summed E-state index contributed by atoms with van der Waals surface area (Å²) in [6.07, 6.45) is -5.94. The molecule has 58 heavy (non-hydrogen) atoms. The minimum absolute atomic E-state index is 0.0398. The van der Waals surface area contributed by atoms with Gasteiger partial charge in [-0.05, 0) is 57.2 Å². The van der Waals surface area contributed by atoms with Gasteiger partial charge < -0.3 is 29.4 Å². The molecule has 25 heteroatoms. The number of aromatic nitrogens is 3. The van der Waals surface area contributed by atoms with Gasteiger partial charge in [0.1, 0.15) is 22.0 Å². The predicted molar refractivity (Wildman–Crippen MR) is 194 cm³/mol. The van der Waals surface area contributed by atoms with Crippen LogP contribution in [0.3, 0.4) is 0 Å². The highest BCUT2D eigenvalue weighted by Gasteiger charge is 2.32. The number of carbonyl (C=O) groups excluding carboxylic acids is 3.